The van der Waals surface area contributed by atoms with Crippen LogP contribution in [0.4, 0.5) is 8.78 Å². The van der Waals surface area contributed by atoms with Crippen LogP contribution >= 0.6 is 15.9 Å². The predicted molar refractivity (Wildman–Crippen MR) is 133 cm³/mol. The van der Waals surface area contributed by atoms with Gasteiger partial charge in [-0.3, -0.25) is 0 Å². The average molecular weight is 537 g/mol. The molecule has 1 unspecified atom stereocenters. The van der Waals surface area contributed by atoms with Crippen molar-refractivity contribution < 1.29 is 13.9 Å². The van der Waals surface area contributed by atoms with Gasteiger partial charge in [0.2, 0.25) is 0 Å². The molecule has 35 heavy (non-hydrogen) atoms. The van der Waals surface area contributed by atoms with E-state index in [4.69, 9.17) is 0 Å². The van der Waals surface area contributed by atoms with Gasteiger partial charge in [-0.2, -0.15) is 5.10 Å². The van der Waals surface area contributed by atoms with Crippen LogP contribution in [0.3, 0.4) is 0 Å². The van der Waals surface area contributed by atoms with Crippen molar-refractivity contribution in [1.29, 1.82) is 0 Å². The van der Waals surface area contributed by atoms with Crippen LogP contribution in [0.15, 0.2) is 83.9 Å². The van der Waals surface area contributed by atoms with Gasteiger partial charge in [0.25, 0.3) is 0 Å². The number of aliphatic hydroxyl groups is 1. The van der Waals surface area contributed by atoms with Crippen LogP contribution in [-0.4, -0.2) is 33.0 Å². The number of rotatable bonds is 8. The highest BCUT2D eigenvalue weighted by Gasteiger charge is 2.33. The number of nitrogens with zero attached hydrogens (tertiary/aromatic N) is 3. The zero-order valence-electron chi connectivity index (χ0n) is 18.8. The first kappa shape index (κ1) is 24.7. The summed E-state index contributed by atoms with van der Waals surface area (Å²) in [5, 5.41) is 18.5. The number of nitrogens with one attached hydrogen (secondary N) is 1. The van der Waals surface area contributed by atoms with Crippen LogP contribution in [0.2, 0.25) is 0 Å². The van der Waals surface area contributed by atoms with Gasteiger partial charge < -0.3 is 10.4 Å². The Balaban J connectivity index is 1.36. The molecule has 0 saturated carbocycles. The molecular weight excluding hydrogens is 514 g/mol. The Morgan fingerprint density at radius 2 is 1.66 bits per heavy atom. The van der Waals surface area contributed by atoms with Crippen molar-refractivity contribution in [1.82, 2.24) is 20.1 Å². The molecule has 0 fully saturated rings. The van der Waals surface area contributed by atoms with E-state index in [2.05, 4.69) is 43.2 Å². The fraction of sp³-hybridized carbons (Fsp3) is 0.185. The third kappa shape index (κ3) is 6.83. The molecule has 2 N–H and O–H groups in total. The van der Waals surface area contributed by atoms with Gasteiger partial charge in [-0.1, -0.05) is 46.0 Å². The highest BCUT2D eigenvalue weighted by atomic mass is 79.9. The largest absolute Gasteiger partial charge is 0.382 e. The highest BCUT2D eigenvalue weighted by molar-refractivity contribution is 9.10. The van der Waals surface area contributed by atoms with Gasteiger partial charge in [0.1, 0.15) is 29.9 Å². The third-order valence-electron chi connectivity index (χ3n) is 5.48. The van der Waals surface area contributed by atoms with Gasteiger partial charge in [-0.15, -0.1) is 0 Å². The van der Waals surface area contributed by atoms with Crippen LogP contribution in [0.25, 0.3) is 0 Å². The monoisotopic (exact) mass is 536 g/mol. The second-order valence-corrected chi connectivity index (χ2v) is 9.05. The van der Waals surface area contributed by atoms with E-state index < -0.39 is 17.2 Å². The lowest BCUT2D eigenvalue weighted by Gasteiger charge is -2.29. The van der Waals surface area contributed by atoms with Crippen LogP contribution in [0.5, 0.6) is 0 Å². The van der Waals surface area contributed by atoms with Crippen molar-refractivity contribution in [2.75, 3.05) is 13.1 Å². The molecule has 0 aliphatic carbocycles. The van der Waals surface area contributed by atoms with Crippen molar-refractivity contribution in [2.45, 2.75) is 18.6 Å². The SMILES string of the molecule is OC(CNCCc1ccc(C#Cc2ccc(Br)cc2)cc1)(Cn1cncn1)c1ccc(F)cc1F. The quantitative estimate of drug-likeness (QED) is 0.258. The van der Waals surface area contributed by atoms with Crippen molar-refractivity contribution in [2.24, 2.45) is 0 Å². The first-order valence-electron chi connectivity index (χ1n) is 11.0. The summed E-state index contributed by atoms with van der Waals surface area (Å²) in [7, 11) is 0. The lowest BCUT2D eigenvalue weighted by molar-refractivity contribution is 0.0123. The van der Waals surface area contributed by atoms with Crippen LogP contribution in [0, 0.1) is 23.5 Å². The highest BCUT2D eigenvalue weighted by Crippen LogP contribution is 2.26. The maximum Gasteiger partial charge on any atom is 0.137 e. The third-order valence-corrected chi connectivity index (χ3v) is 6.01. The Labute approximate surface area is 211 Å². The summed E-state index contributed by atoms with van der Waals surface area (Å²) < 4.78 is 30.3. The molecule has 178 valence electrons. The Kier molecular flexibility index (Phi) is 8.03. The van der Waals surface area contributed by atoms with E-state index in [1.807, 2.05) is 48.5 Å². The normalized spacial score (nSPS) is 12.6. The van der Waals surface area contributed by atoms with Gasteiger partial charge >= 0.3 is 0 Å². The van der Waals surface area contributed by atoms with E-state index in [-0.39, 0.29) is 18.7 Å². The molecule has 0 spiro atoms. The Morgan fingerprint density at radius 1 is 0.971 bits per heavy atom. The molecule has 0 aliphatic heterocycles. The number of hydrogen-bond donors (Lipinski definition) is 2. The van der Waals surface area contributed by atoms with E-state index in [1.165, 1.54) is 23.4 Å². The second-order valence-electron chi connectivity index (χ2n) is 8.13. The number of benzene rings is 3. The average Bonchev–Trinajstić information content (AvgIpc) is 3.35. The minimum absolute atomic E-state index is 0.00407. The van der Waals surface area contributed by atoms with Crippen LogP contribution in [0.1, 0.15) is 22.3 Å². The van der Waals surface area contributed by atoms with E-state index in [0.717, 1.165) is 33.3 Å². The maximum absolute atomic E-state index is 14.5. The van der Waals surface area contributed by atoms with Crippen molar-refractivity contribution in [3.8, 4) is 11.8 Å². The molecule has 8 heteroatoms. The lowest BCUT2D eigenvalue weighted by Crippen LogP contribution is -2.43. The second kappa shape index (κ2) is 11.4. The number of aromatic nitrogens is 3. The summed E-state index contributed by atoms with van der Waals surface area (Å²) in [5.41, 5.74) is 1.31. The zero-order valence-corrected chi connectivity index (χ0v) is 20.3. The van der Waals surface area contributed by atoms with Gasteiger partial charge in [-0.05, 0) is 61.0 Å². The van der Waals surface area contributed by atoms with Gasteiger partial charge in [0.05, 0.1) is 6.54 Å². The molecule has 5 nitrogen and oxygen atoms in total. The molecule has 0 bridgehead atoms. The standard InChI is InChI=1S/C27H23BrF2N4O/c28-23-9-7-21(8-10-23)2-1-20-3-5-22(6-4-20)13-14-31-16-27(35,17-34-19-32-18-33-34)25-12-11-24(29)15-26(25)30/h3-12,15,18-19,31,35H,13-14,16-17H2. The topological polar surface area (TPSA) is 63.0 Å². The molecule has 1 heterocycles. The van der Waals surface area contributed by atoms with Crippen LogP contribution < -0.4 is 5.32 Å². The summed E-state index contributed by atoms with van der Waals surface area (Å²) in [4.78, 5) is 3.87. The Morgan fingerprint density at radius 3 is 2.29 bits per heavy atom. The fourth-order valence-electron chi connectivity index (χ4n) is 3.65. The van der Waals surface area contributed by atoms with Crippen LogP contribution in [-0.2, 0) is 18.6 Å². The summed E-state index contributed by atoms with van der Waals surface area (Å²) >= 11 is 3.41. The summed E-state index contributed by atoms with van der Waals surface area (Å²) in [6, 6.07) is 18.9. The molecule has 1 aromatic heterocycles. The summed E-state index contributed by atoms with van der Waals surface area (Å²) in [6.45, 7) is 0.562. The number of halogens is 3. The fourth-order valence-corrected chi connectivity index (χ4v) is 3.91. The molecule has 1 atom stereocenters. The molecule has 0 saturated heterocycles. The van der Waals surface area contributed by atoms with E-state index in [1.54, 1.807) is 0 Å². The van der Waals surface area contributed by atoms with Crippen molar-refractivity contribution >= 4 is 15.9 Å². The Hall–Kier alpha value is -3.38. The van der Waals surface area contributed by atoms with E-state index in [0.29, 0.717) is 13.0 Å². The predicted octanol–water partition coefficient (Wildman–Crippen LogP) is 4.44. The zero-order chi connectivity index (χ0) is 24.7. The number of hydrogen-bond acceptors (Lipinski definition) is 4. The van der Waals surface area contributed by atoms with E-state index in [9.17, 15) is 13.9 Å². The molecule has 0 aliphatic rings. The molecule has 0 amide bonds. The maximum atomic E-state index is 14.5. The van der Waals surface area contributed by atoms with Crippen molar-refractivity contribution in [3.05, 3.63) is 118 Å². The molecule has 3 aromatic carbocycles. The van der Waals surface area contributed by atoms with Gasteiger partial charge in [0.15, 0.2) is 0 Å². The molecule has 4 aromatic rings. The Bertz CT molecular complexity index is 1320. The first-order chi connectivity index (χ1) is 16.9. The minimum Gasteiger partial charge on any atom is -0.382 e. The molecular formula is C27H23BrF2N4O. The summed E-state index contributed by atoms with van der Waals surface area (Å²) in [6.07, 6.45) is 3.47. The minimum atomic E-state index is -1.64. The molecule has 4 rings (SSSR count). The first-order valence-corrected chi connectivity index (χ1v) is 11.8. The van der Waals surface area contributed by atoms with Gasteiger partial charge in [-0.25, -0.2) is 18.4 Å². The molecule has 0 radical (unpaired) electrons. The van der Waals surface area contributed by atoms with E-state index >= 15 is 0 Å². The van der Waals surface area contributed by atoms with Gasteiger partial charge in [0, 0.05) is 33.8 Å². The van der Waals surface area contributed by atoms with Crippen molar-refractivity contribution in [3.63, 3.8) is 0 Å². The lowest BCUT2D eigenvalue weighted by atomic mass is 9.92. The smallest absolute Gasteiger partial charge is 0.137 e. The summed E-state index contributed by atoms with van der Waals surface area (Å²) in [5.74, 6) is 4.78.